The molecule has 3 rings (SSSR count). The summed E-state index contributed by atoms with van der Waals surface area (Å²) in [6.07, 6.45) is 0.914. The van der Waals surface area contributed by atoms with Crippen LogP contribution in [0.15, 0.2) is 41.0 Å². The first-order valence-electron chi connectivity index (χ1n) is 9.28. The number of ether oxygens (including phenoxy) is 3. The molecule has 0 spiro atoms. The van der Waals surface area contributed by atoms with Crippen molar-refractivity contribution in [2.24, 2.45) is 5.41 Å². The van der Waals surface area contributed by atoms with Gasteiger partial charge in [-0.2, -0.15) is 5.26 Å². The number of benzene rings is 1. The standard InChI is InChI=1S/C22H24N2O5/c1-12(25)14(11-23)21-24-20(13-6-7-16(27-4)17(8-13)28-5)19-15(26)9-22(2,3)10-18(19)29-21/h6-8,20,24H,9-10H2,1-5H3/b21-14+. The number of allylic oxidation sites excluding steroid dienone is 2. The molecule has 0 amide bonds. The highest BCUT2D eigenvalue weighted by Crippen LogP contribution is 2.45. The second-order valence-electron chi connectivity index (χ2n) is 7.94. The molecule has 7 heteroatoms. The molecule has 0 aromatic heterocycles. The summed E-state index contributed by atoms with van der Waals surface area (Å²) in [5.74, 6) is 1.21. The van der Waals surface area contributed by atoms with Gasteiger partial charge < -0.3 is 19.5 Å². The number of methoxy groups -OCH3 is 2. The van der Waals surface area contributed by atoms with Crippen LogP contribution in [-0.2, 0) is 14.3 Å². The smallest absolute Gasteiger partial charge is 0.215 e. The van der Waals surface area contributed by atoms with Crippen LogP contribution in [-0.4, -0.2) is 25.8 Å². The Labute approximate surface area is 169 Å². The number of nitrogens with zero attached hydrogens (tertiary/aromatic N) is 1. The van der Waals surface area contributed by atoms with Crippen LogP contribution in [0.5, 0.6) is 11.5 Å². The molecular weight excluding hydrogens is 372 g/mol. The second-order valence-corrected chi connectivity index (χ2v) is 7.94. The maximum absolute atomic E-state index is 13.0. The zero-order valence-electron chi connectivity index (χ0n) is 17.2. The number of carbonyl (C=O) groups is 2. The van der Waals surface area contributed by atoms with Gasteiger partial charge >= 0.3 is 0 Å². The lowest BCUT2D eigenvalue weighted by Crippen LogP contribution is -2.39. The monoisotopic (exact) mass is 396 g/mol. The third-order valence-electron chi connectivity index (χ3n) is 5.10. The summed E-state index contributed by atoms with van der Waals surface area (Å²) < 4.78 is 16.6. The molecule has 29 heavy (non-hydrogen) atoms. The summed E-state index contributed by atoms with van der Waals surface area (Å²) in [5, 5.41) is 12.5. The van der Waals surface area contributed by atoms with Crippen molar-refractivity contribution in [2.75, 3.05) is 14.2 Å². The lowest BCUT2D eigenvalue weighted by Gasteiger charge is -2.39. The first-order chi connectivity index (χ1) is 13.7. The van der Waals surface area contributed by atoms with Crippen LogP contribution in [0, 0.1) is 16.7 Å². The summed E-state index contributed by atoms with van der Waals surface area (Å²) in [4.78, 5) is 24.9. The van der Waals surface area contributed by atoms with Crippen molar-refractivity contribution in [3.05, 3.63) is 46.6 Å². The average Bonchev–Trinajstić information content (AvgIpc) is 2.65. The molecule has 1 unspecified atom stereocenters. The van der Waals surface area contributed by atoms with Gasteiger partial charge in [0.15, 0.2) is 28.6 Å². The Balaban J connectivity index is 2.19. The van der Waals surface area contributed by atoms with Crippen molar-refractivity contribution in [2.45, 2.75) is 39.7 Å². The van der Waals surface area contributed by atoms with E-state index >= 15 is 0 Å². The van der Waals surface area contributed by atoms with E-state index in [1.807, 2.05) is 26.0 Å². The van der Waals surface area contributed by atoms with Crippen LogP contribution in [0.2, 0.25) is 0 Å². The Kier molecular flexibility index (Phi) is 5.38. The maximum atomic E-state index is 13.0. The van der Waals surface area contributed by atoms with Gasteiger partial charge in [-0.15, -0.1) is 0 Å². The van der Waals surface area contributed by atoms with E-state index < -0.39 is 11.8 Å². The number of nitriles is 1. The van der Waals surface area contributed by atoms with Crippen molar-refractivity contribution in [1.82, 2.24) is 5.32 Å². The molecule has 0 bridgehead atoms. The van der Waals surface area contributed by atoms with Gasteiger partial charge in [0, 0.05) is 19.8 Å². The molecule has 1 aliphatic heterocycles. The normalized spacial score (nSPS) is 21.9. The van der Waals surface area contributed by atoms with Gasteiger partial charge in [0.2, 0.25) is 5.88 Å². The molecule has 152 valence electrons. The van der Waals surface area contributed by atoms with Crippen LogP contribution in [0.1, 0.15) is 45.2 Å². The van der Waals surface area contributed by atoms with Crippen LogP contribution >= 0.6 is 0 Å². The van der Waals surface area contributed by atoms with Gasteiger partial charge in [0.05, 0.1) is 25.8 Å². The van der Waals surface area contributed by atoms with E-state index in [2.05, 4.69) is 5.32 Å². The SMILES string of the molecule is COc1ccc(C2N/C(=C(/C#N)C(C)=O)OC3=C2C(=O)CC(C)(C)C3)cc1OC. The highest BCUT2D eigenvalue weighted by molar-refractivity contribution is 6.00. The third-order valence-corrected chi connectivity index (χ3v) is 5.10. The molecule has 0 saturated carbocycles. The zero-order chi connectivity index (χ0) is 21.3. The quantitative estimate of drug-likeness (QED) is 0.616. The third kappa shape index (κ3) is 3.83. The van der Waals surface area contributed by atoms with E-state index in [-0.39, 0.29) is 22.7 Å². The number of hydrogen-bond acceptors (Lipinski definition) is 7. The number of Topliss-reactive ketones (excluding diaryl/α,β-unsaturated/α-hetero) is 2. The highest BCUT2D eigenvalue weighted by Gasteiger charge is 2.42. The summed E-state index contributed by atoms with van der Waals surface area (Å²) in [7, 11) is 3.08. The van der Waals surface area contributed by atoms with Gasteiger partial charge in [-0.3, -0.25) is 9.59 Å². The molecule has 1 atom stereocenters. The molecule has 0 fully saturated rings. The van der Waals surface area contributed by atoms with Gasteiger partial charge in [-0.1, -0.05) is 19.9 Å². The second kappa shape index (κ2) is 7.63. The topological polar surface area (TPSA) is 97.6 Å². The molecular formula is C22H24N2O5. The number of hydrogen-bond donors (Lipinski definition) is 1. The molecule has 1 heterocycles. The summed E-state index contributed by atoms with van der Waals surface area (Å²) >= 11 is 0. The number of ketones is 2. The van der Waals surface area contributed by atoms with Gasteiger partial charge in [-0.05, 0) is 23.1 Å². The molecule has 1 N–H and O–H groups in total. The van der Waals surface area contributed by atoms with Gasteiger partial charge in [0.25, 0.3) is 0 Å². The first-order valence-corrected chi connectivity index (χ1v) is 9.28. The first kappa shape index (κ1) is 20.5. The molecule has 0 saturated heterocycles. The number of nitrogens with one attached hydrogen (secondary N) is 1. The van der Waals surface area contributed by atoms with Crippen LogP contribution in [0.3, 0.4) is 0 Å². The van der Waals surface area contributed by atoms with E-state index in [4.69, 9.17) is 14.2 Å². The molecule has 1 aromatic carbocycles. The zero-order valence-corrected chi connectivity index (χ0v) is 17.2. The Bertz CT molecular complexity index is 981. The fourth-order valence-electron chi connectivity index (χ4n) is 3.74. The fourth-order valence-corrected chi connectivity index (χ4v) is 3.74. The Hall–Kier alpha value is -3.27. The van der Waals surface area contributed by atoms with Crippen LogP contribution in [0.25, 0.3) is 0 Å². The van der Waals surface area contributed by atoms with E-state index in [1.165, 1.54) is 14.0 Å². The molecule has 7 nitrogen and oxygen atoms in total. The molecule has 1 aliphatic carbocycles. The lowest BCUT2D eigenvalue weighted by atomic mass is 9.73. The van der Waals surface area contributed by atoms with E-state index in [0.717, 1.165) is 5.56 Å². The minimum absolute atomic E-state index is 0.0242. The predicted octanol–water partition coefficient (Wildman–Crippen LogP) is 3.33. The summed E-state index contributed by atoms with van der Waals surface area (Å²) in [5.41, 5.74) is 0.868. The molecule has 2 aliphatic rings. The average molecular weight is 396 g/mol. The minimum atomic E-state index is -0.570. The van der Waals surface area contributed by atoms with Gasteiger partial charge in [0.1, 0.15) is 11.8 Å². The fraction of sp³-hybridized carbons (Fsp3) is 0.409. The maximum Gasteiger partial charge on any atom is 0.215 e. The number of rotatable bonds is 4. The van der Waals surface area contributed by atoms with Crippen molar-refractivity contribution < 1.29 is 23.8 Å². The predicted molar refractivity (Wildman–Crippen MR) is 105 cm³/mol. The summed E-state index contributed by atoms with van der Waals surface area (Å²) in [6, 6.07) is 6.68. The summed E-state index contributed by atoms with van der Waals surface area (Å²) in [6.45, 7) is 5.29. The van der Waals surface area contributed by atoms with Crippen molar-refractivity contribution >= 4 is 11.6 Å². The van der Waals surface area contributed by atoms with Crippen LogP contribution < -0.4 is 14.8 Å². The Morgan fingerprint density at radius 1 is 1.24 bits per heavy atom. The lowest BCUT2D eigenvalue weighted by molar-refractivity contribution is -0.119. The van der Waals surface area contributed by atoms with Crippen molar-refractivity contribution in [3.8, 4) is 17.6 Å². The minimum Gasteiger partial charge on any atom is -0.493 e. The largest absolute Gasteiger partial charge is 0.493 e. The Morgan fingerprint density at radius 3 is 2.52 bits per heavy atom. The molecule has 0 radical (unpaired) electrons. The number of carbonyl (C=O) groups excluding carboxylic acids is 2. The van der Waals surface area contributed by atoms with Crippen molar-refractivity contribution in [3.63, 3.8) is 0 Å². The van der Waals surface area contributed by atoms with Gasteiger partial charge in [-0.25, -0.2) is 0 Å². The van der Waals surface area contributed by atoms with Crippen LogP contribution in [0.4, 0.5) is 0 Å². The Morgan fingerprint density at radius 2 is 1.93 bits per heavy atom. The van der Waals surface area contributed by atoms with Crippen molar-refractivity contribution in [1.29, 1.82) is 5.26 Å². The van der Waals surface area contributed by atoms with E-state index in [0.29, 0.717) is 35.7 Å². The van der Waals surface area contributed by atoms with E-state index in [9.17, 15) is 14.9 Å². The highest BCUT2D eigenvalue weighted by atomic mass is 16.5. The molecule has 1 aromatic rings. The van der Waals surface area contributed by atoms with E-state index in [1.54, 1.807) is 19.2 Å².